The molecule has 11 heteroatoms. The minimum Gasteiger partial charge on any atom is -0.383 e. The number of alkyl halides is 1. The van der Waals surface area contributed by atoms with Gasteiger partial charge in [-0.3, -0.25) is 19.1 Å². The second-order valence-electron chi connectivity index (χ2n) is 12.3. The molecule has 2 aliphatic heterocycles. The van der Waals surface area contributed by atoms with Gasteiger partial charge in [-0.1, -0.05) is 12.6 Å². The summed E-state index contributed by atoms with van der Waals surface area (Å²) < 4.78 is 24.0. The Morgan fingerprint density at radius 3 is 2.51 bits per heavy atom. The number of likely N-dealkylation sites (tertiary alicyclic amines) is 2. The van der Waals surface area contributed by atoms with Crippen LogP contribution >= 0.6 is 0 Å². The molecule has 232 valence electrons. The Morgan fingerprint density at radius 1 is 1.07 bits per heavy atom. The number of methoxy groups -OCH3 is 1. The Labute approximate surface area is 260 Å². The number of benzene rings is 1. The number of hydrogen-bond donors (Lipinski definition) is 1. The quantitative estimate of drug-likeness (QED) is 0.306. The van der Waals surface area contributed by atoms with Gasteiger partial charge < -0.3 is 20.3 Å². The minimum atomic E-state index is -2.02. The second kappa shape index (κ2) is 11.1. The van der Waals surface area contributed by atoms with Gasteiger partial charge in [0.25, 0.3) is 5.91 Å². The summed E-state index contributed by atoms with van der Waals surface area (Å²) >= 11 is 0. The first-order valence-electron chi connectivity index (χ1n) is 15.4. The normalized spacial score (nSPS) is 21.3. The summed E-state index contributed by atoms with van der Waals surface area (Å²) in [5.74, 6) is 0.829. The maximum atomic E-state index is 15.9. The summed E-state index contributed by atoms with van der Waals surface area (Å²) in [5.41, 5.74) is 8.68. The number of nitrogens with zero attached hydrogens (tertiary/aromatic N) is 6. The number of amides is 2. The standard InChI is InChI=1S/C34H36FN7O3/c1-3-29(43)40-16-12-33(35,13-17-40)32(44)41-18-14-34(21-41,45-2)28-11-9-24(20-38-28)42-27-19-23(22-6-7-22)8-10-26(27)39-31(42)25-5-4-15-37-30(25)36/h3-5,8-11,15,19-20,22H,1,6-7,12-14,16-18,21H2,2H3,(H2,36,37)/t34-/m0/s1. The molecule has 1 saturated carbocycles. The zero-order chi connectivity index (χ0) is 31.3. The Balaban J connectivity index is 1.18. The van der Waals surface area contributed by atoms with Crippen LogP contribution in [-0.2, 0) is 19.9 Å². The number of nitrogen functional groups attached to an aromatic ring is 1. The molecule has 0 unspecified atom stereocenters. The number of aromatic nitrogens is 4. The summed E-state index contributed by atoms with van der Waals surface area (Å²) in [6.45, 7) is 4.39. The zero-order valence-corrected chi connectivity index (χ0v) is 25.3. The molecule has 1 aromatic carbocycles. The van der Waals surface area contributed by atoms with Crippen LogP contribution in [0.4, 0.5) is 10.2 Å². The van der Waals surface area contributed by atoms with E-state index >= 15 is 4.39 Å². The number of anilines is 1. The van der Waals surface area contributed by atoms with E-state index in [0.717, 1.165) is 22.3 Å². The highest BCUT2D eigenvalue weighted by molar-refractivity contribution is 5.89. The van der Waals surface area contributed by atoms with E-state index in [0.29, 0.717) is 36.2 Å². The number of rotatable bonds is 7. The van der Waals surface area contributed by atoms with Gasteiger partial charge in [0.2, 0.25) is 5.91 Å². The fraction of sp³-hybridized carbons (Fsp3) is 0.382. The van der Waals surface area contributed by atoms with E-state index in [1.54, 1.807) is 19.5 Å². The van der Waals surface area contributed by atoms with E-state index in [2.05, 4.69) is 34.3 Å². The highest BCUT2D eigenvalue weighted by Crippen LogP contribution is 2.42. The first kappa shape index (κ1) is 29.1. The van der Waals surface area contributed by atoms with Gasteiger partial charge in [-0.05, 0) is 66.8 Å². The predicted octanol–water partition coefficient (Wildman–Crippen LogP) is 4.53. The van der Waals surface area contributed by atoms with E-state index in [9.17, 15) is 9.59 Å². The third kappa shape index (κ3) is 5.04. The van der Waals surface area contributed by atoms with Crippen molar-refractivity contribution in [2.75, 3.05) is 39.0 Å². The number of ether oxygens (including phenoxy) is 1. The number of imidazole rings is 1. The van der Waals surface area contributed by atoms with Crippen molar-refractivity contribution in [3.05, 3.63) is 78.8 Å². The van der Waals surface area contributed by atoms with Crippen LogP contribution in [0.1, 0.15) is 49.3 Å². The van der Waals surface area contributed by atoms with Crippen molar-refractivity contribution < 1.29 is 18.7 Å². The SMILES string of the molecule is C=CC(=O)N1CCC(F)(C(=O)N2CC[C@@](OC)(c3ccc(-n4c(-c5cccnc5N)nc5ccc(C6CC6)cc54)cn3)C2)CC1. The molecule has 3 aromatic heterocycles. The average Bonchev–Trinajstić information content (AvgIpc) is 3.72. The zero-order valence-electron chi connectivity index (χ0n) is 25.3. The molecular formula is C34H36FN7O3. The van der Waals surface area contributed by atoms with Crippen LogP contribution in [0, 0.1) is 0 Å². The lowest BCUT2D eigenvalue weighted by atomic mass is 9.91. The smallest absolute Gasteiger partial charge is 0.260 e. The van der Waals surface area contributed by atoms with Crippen LogP contribution in [0.15, 0.2) is 67.5 Å². The number of pyridine rings is 2. The lowest BCUT2D eigenvalue weighted by Crippen LogP contribution is -2.53. The highest BCUT2D eigenvalue weighted by atomic mass is 19.1. The largest absolute Gasteiger partial charge is 0.383 e. The molecule has 5 heterocycles. The Kier molecular flexibility index (Phi) is 7.15. The van der Waals surface area contributed by atoms with Crippen molar-refractivity contribution in [3.8, 4) is 17.1 Å². The first-order chi connectivity index (χ1) is 21.7. The van der Waals surface area contributed by atoms with Crippen LogP contribution in [0.2, 0.25) is 0 Å². The molecule has 10 nitrogen and oxygen atoms in total. The number of carbonyl (C=O) groups excluding carboxylic acids is 2. The molecule has 4 aromatic rings. The molecule has 2 saturated heterocycles. The van der Waals surface area contributed by atoms with E-state index in [-0.39, 0.29) is 38.4 Å². The number of nitrogens with two attached hydrogens (primary N) is 1. The Hall–Kier alpha value is -4.64. The van der Waals surface area contributed by atoms with E-state index in [1.165, 1.54) is 34.3 Å². The number of fused-ring (bicyclic) bond motifs is 1. The fourth-order valence-corrected chi connectivity index (χ4v) is 6.74. The van der Waals surface area contributed by atoms with E-state index < -0.39 is 17.2 Å². The molecule has 0 bridgehead atoms. The minimum absolute atomic E-state index is 0.0417. The molecule has 1 atom stereocenters. The number of carbonyl (C=O) groups is 2. The topological polar surface area (TPSA) is 119 Å². The first-order valence-corrected chi connectivity index (χ1v) is 15.4. The number of piperidine rings is 1. The molecule has 2 amide bonds. The van der Waals surface area contributed by atoms with Gasteiger partial charge in [-0.25, -0.2) is 14.4 Å². The van der Waals surface area contributed by atoms with Gasteiger partial charge in [-0.15, -0.1) is 0 Å². The average molecular weight is 610 g/mol. The second-order valence-corrected chi connectivity index (χ2v) is 12.3. The Morgan fingerprint density at radius 2 is 1.84 bits per heavy atom. The molecule has 45 heavy (non-hydrogen) atoms. The van der Waals surface area contributed by atoms with Crippen molar-refractivity contribution in [3.63, 3.8) is 0 Å². The molecule has 3 aliphatic rings. The summed E-state index contributed by atoms with van der Waals surface area (Å²) in [6.07, 6.45) is 7.43. The van der Waals surface area contributed by atoms with Gasteiger partial charge in [0.1, 0.15) is 17.2 Å². The third-order valence-corrected chi connectivity index (χ3v) is 9.61. The molecule has 3 fully saturated rings. The lowest BCUT2D eigenvalue weighted by molar-refractivity contribution is -0.149. The maximum absolute atomic E-state index is 15.9. The molecule has 7 rings (SSSR count). The summed E-state index contributed by atoms with van der Waals surface area (Å²) in [7, 11) is 1.60. The number of hydrogen-bond acceptors (Lipinski definition) is 7. The van der Waals surface area contributed by atoms with Gasteiger partial charge in [0.05, 0.1) is 40.7 Å². The molecule has 2 N–H and O–H groups in total. The van der Waals surface area contributed by atoms with Gasteiger partial charge in [-0.2, -0.15) is 0 Å². The summed E-state index contributed by atoms with van der Waals surface area (Å²) in [6, 6.07) is 14.0. The number of halogens is 1. The van der Waals surface area contributed by atoms with Crippen molar-refractivity contribution in [1.82, 2.24) is 29.3 Å². The Bertz CT molecular complexity index is 1790. The molecule has 1 aliphatic carbocycles. The van der Waals surface area contributed by atoms with Gasteiger partial charge in [0.15, 0.2) is 5.67 Å². The fourth-order valence-electron chi connectivity index (χ4n) is 6.74. The molecule has 0 radical (unpaired) electrons. The molecular weight excluding hydrogens is 573 g/mol. The van der Waals surface area contributed by atoms with Crippen molar-refractivity contribution in [2.24, 2.45) is 0 Å². The van der Waals surface area contributed by atoms with Crippen molar-refractivity contribution in [1.29, 1.82) is 0 Å². The molecule has 0 spiro atoms. The van der Waals surface area contributed by atoms with Crippen molar-refractivity contribution >= 4 is 28.7 Å². The van der Waals surface area contributed by atoms with Crippen LogP contribution in [0.3, 0.4) is 0 Å². The maximum Gasteiger partial charge on any atom is 0.260 e. The third-order valence-electron chi connectivity index (χ3n) is 9.61. The monoisotopic (exact) mass is 609 g/mol. The summed E-state index contributed by atoms with van der Waals surface area (Å²) in [5, 5.41) is 0. The van der Waals surface area contributed by atoms with Crippen LogP contribution in [0.5, 0.6) is 0 Å². The summed E-state index contributed by atoms with van der Waals surface area (Å²) in [4.78, 5) is 42.6. The lowest BCUT2D eigenvalue weighted by Gasteiger charge is -2.37. The highest BCUT2D eigenvalue weighted by Gasteiger charge is 2.50. The van der Waals surface area contributed by atoms with E-state index in [4.69, 9.17) is 20.4 Å². The van der Waals surface area contributed by atoms with E-state index in [1.807, 2.05) is 24.3 Å². The van der Waals surface area contributed by atoms with Crippen LogP contribution in [-0.4, -0.2) is 80.1 Å². The van der Waals surface area contributed by atoms with Gasteiger partial charge >= 0.3 is 0 Å². The van der Waals surface area contributed by atoms with Crippen molar-refractivity contribution in [2.45, 2.75) is 49.3 Å². The van der Waals surface area contributed by atoms with Gasteiger partial charge in [0, 0.05) is 52.2 Å². The predicted molar refractivity (Wildman–Crippen MR) is 168 cm³/mol. The van der Waals surface area contributed by atoms with Crippen LogP contribution < -0.4 is 5.73 Å². The van der Waals surface area contributed by atoms with Crippen LogP contribution in [0.25, 0.3) is 28.1 Å².